The van der Waals surface area contributed by atoms with Crippen LogP contribution in [-0.4, -0.2) is 13.1 Å². The lowest BCUT2D eigenvalue weighted by Gasteiger charge is -2.32. The molecule has 0 heterocycles. The van der Waals surface area contributed by atoms with Crippen molar-refractivity contribution in [3.63, 3.8) is 0 Å². The molecule has 0 fully saturated rings. The lowest BCUT2D eigenvalue weighted by molar-refractivity contribution is 0.231. The summed E-state index contributed by atoms with van der Waals surface area (Å²) in [7, 11) is 2.14. The molecule has 0 saturated heterocycles. The van der Waals surface area contributed by atoms with Crippen molar-refractivity contribution in [2.75, 3.05) is 7.05 Å². The van der Waals surface area contributed by atoms with E-state index in [9.17, 15) is 0 Å². The van der Waals surface area contributed by atoms with Crippen molar-refractivity contribution < 1.29 is 0 Å². The first kappa shape index (κ1) is 15.0. The molecule has 0 amide bonds. The van der Waals surface area contributed by atoms with Crippen molar-refractivity contribution in [3.05, 3.63) is 0 Å². The molecule has 0 spiro atoms. The first-order valence-electron chi connectivity index (χ1n) is 6.92. The monoisotopic (exact) mass is 213 g/mol. The standard InChI is InChI=1S/C14H31N/c1-6-10-13(11-7-2)14(15-5)12(8-3)9-4/h12-15H,6-11H2,1-5H3. The molecule has 1 unspecified atom stereocenters. The van der Waals surface area contributed by atoms with Gasteiger partial charge >= 0.3 is 0 Å². The van der Waals surface area contributed by atoms with E-state index in [-0.39, 0.29) is 0 Å². The average molecular weight is 213 g/mol. The molecule has 0 radical (unpaired) electrons. The Kier molecular flexibility index (Phi) is 9.18. The minimum absolute atomic E-state index is 0.736. The molecule has 0 aromatic heterocycles. The van der Waals surface area contributed by atoms with E-state index in [0.29, 0.717) is 0 Å². The summed E-state index contributed by atoms with van der Waals surface area (Å²) in [5.74, 6) is 1.74. The van der Waals surface area contributed by atoms with Crippen molar-refractivity contribution in [2.24, 2.45) is 11.8 Å². The van der Waals surface area contributed by atoms with Crippen LogP contribution in [0, 0.1) is 11.8 Å². The van der Waals surface area contributed by atoms with Gasteiger partial charge in [0.2, 0.25) is 0 Å². The van der Waals surface area contributed by atoms with Gasteiger partial charge in [0.05, 0.1) is 0 Å². The zero-order chi connectivity index (χ0) is 11.7. The zero-order valence-corrected chi connectivity index (χ0v) is 11.5. The summed E-state index contributed by atoms with van der Waals surface area (Å²) in [5.41, 5.74) is 0. The molecule has 0 saturated carbocycles. The van der Waals surface area contributed by atoms with Gasteiger partial charge in [-0.2, -0.15) is 0 Å². The Hall–Kier alpha value is -0.0400. The smallest absolute Gasteiger partial charge is 0.0120 e. The Labute approximate surface area is 97.0 Å². The summed E-state index contributed by atoms with van der Waals surface area (Å²) in [5, 5.41) is 3.57. The second-order valence-corrected chi connectivity index (χ2v) is 4.73. The van der Waals surface area contributed by atoms with Gasteiger partial charge in [0.15, 0.2) is 0 Å². The molecule has 1 N–H and O–H groups in total. The van der Waals surface area contributed by atoms with Crippen LogP contribution in [0.25, 0.3) is 0 Å². The van der Waals surface area contributed by atoms with Gasteiger partial charge in [0.25, 0.3) is 0 Å². The topological polar surface area (TPSA) is 12.0 Å². The lowest BCUT2D eigenvalue weighted by atomic mass is 9.80. The minimum Gasteiger partial charge on any atom is -0.316 e. The lowest BCUT2D eigenvalue weighted by Crippen LogP contribution is -2.40. The predicted octanol–water partition coefficient (Wildman–Crippen LogP) is 4.23. The van der Waals surface area contributed by atoms with Crippen LogP contribution in [0.3, 0.4) is 0 Å². The Morgan fingerprint density at radius 3 is 1.53 bits per heavy atom. The molecule has 1 heteroatoms. The normalized spacial score (nSPS) is 13.8. The third-order valence-corrected chi connectivity index (χ3v) is 3.72. The Morgan fingerprint density at radius 2 is 1.27 bits per heavy atom. The van der Waals surface area contributed by atoms with Crippen LogP contribution in [0.4, 0.5) is 0 Å². The number of hydrogen-bond donors (Lipinski definition) is 1. The average Bonchev–Trinajstić information content (AvgIpc) is 2.25. The number of nitrogens with one attached hydrogen (secondary N) is 1. The number of rotatable bonds is 9. The molecule has 1 nitrogen and oxygen atoms in total. The summed E-state index contributed by atoms with van der Waals surface area (Å²) in [6.45, 7) is 9.27. The van der Waals surface area contributed by atoms with Crippen LogP contribution in [0.5, 0.6) is 0 Å². The molecule has 1 atom stereocenters. The van der Waals surface area contributed by atoms with Gasteiger partial charge in [0, 0.05) is 6.04 Å². The summed E-state index contributed by atoms with van der Waals surface area (Å²) in [6, 6.07) is 0.736. The van der Waals surface area contributed by atoms with Crippen molar-refractivity contribution in [2.45, 2.75) is 72.3 Å². The van der Waals surface area contributed by atoms with Crippen LogP contribution >= 0.6 is 0 Å². The molecule has 15 heavy (non-hydrogen) atoms. The minimum atomic E-state index is 0.736. The largest absolute Gasteiger partial charge is 0.316 e. The highest BCUT2D eigenvalue weighted by atomic mass is 14.9. The van der Waals surface area contributed by atoms with E-state index < -0.39 is 0 Å². The fourth-order valence-electron chi connectivity index (χ4n) is 2.90. The Morgan fingerprint density at radius 1 is 0.800 bits per heavy atom. The highest BCUT2D eigenvalue weighted by Crippen LogP contribution is 2.26. The molecular formula is C14H31N. The maximum absolute atomic E-state index is 3.57. The fourth-order valence-corrected chi connectivity index (χ4v) is 2.90. The zero-order valence-electron chi connectivity index (χ0n) is 11.5. The molecule has 0 aliphatic rings. The van der Waals surface area contributed by atoms with Crippen LogP contribution < -0.4 is 5.32 Å². The SMILES string of the molecule is CCCC(CCC)C(NC)C(CC)CC. The highest BCUT2D eigenvalue weighted by molar-refractivity contribution is 4.80. The maximum atomic E-state index is 3.57. The first-order chi connectivity index (χ1) is 7.24. The van der Waals surface area contributed by atoms with Crippen LogP contribution in [-0.2, 0) is 0 Å². The quantitative estimate of drug-likeness (QED) is 0.604. The summed E-state index contributed by atoms with van der Waals surface area (Å²) in [6.07, 6.45) is 8.04. The van der Waals surface area contributed by atoms with Gasteiger partial charge in [-0.1, -0.05) is 53.4 Å². The second-order valence-electron chi connectivity index (χ2n) is 4.73. The van der Waals surface area contributed by atoms with Crippen molar-refractivity contribution in [1.29, 1.82) is 0 Å². The van der Waals surface area contributed by atoms with Gasteiger partial charge in [-0.05, 0) is 31.7 Å². The highest BCUT2D eigenvalue weighted by Gasteiger charge is 2.24. The van der Waals surface area contributed by atoms with E-state index in [1.807, 2.05) is 0 Å². The summed E-state index contributed by atoms with van der Waals surface area (Å²) < 4.78 is 0. The molecule has 0 rings (SSSR count). The van der Waals surface area contributed by atoms with E-state index >= 15 is 0 Å². The molecule has 92 valence electrons. The van der Waals surface area contributed by atoms with Gasteiger partial charge in [-0.3, -0.25) is 0 Å². The van der Waals surface area contributed by atoms with E-state index in [4.69, 9.17) is 0 Å². The van der Waals surface area contributed by atoms with Gasteiger partial charge < -0.3 is 5.32 Å². The first-order valence-corrected chi connectivity index (χ1v) is 6.92. The molecule has 0 aromatic rings. The Bertz CT molecular complexity index is 123. The second kappa shape index (κ2) is 9.21. The predicted molar refractivity (Wildman–Crippen MR) is 70.2 cm³/mol. The van der Waals surface area contributed by atoms with E-state index in [2.05, 4.69) is 40.1 Å². The fraction of sp³-hybridized carbons (Fsp3) is 1.00. The van der Waals surface area contributed by atoms with E-state index in [1.165, 1.54) is 38.5 Å². The third kappa shape index (κ3) is 5.01. The molecular weight excluding hydrogens is 182 g/mol. The van der Waals surface area contributed by atoms with Crippen LogP contribution in [0.1, 0.15) is 66.2 Å². The van der Waals surface area contributed by atoms with Crippen molar-refractivity contribution in [1.82, 2.24) is 5.32 Å². The maximum Gasteiger partial charge on any atom is 0.0120 e. The van der Waals surface area contributed by atoms with Gasteiger partial charge in [0.1, 0.15) is 0 Å². The summed E-state index contributed by atoms with van der Waals surface area (Å²) >= 11 is 0. The van der Waals surface area contributed by atoms with Crippen molar-refractivity contribution >= 4 is 0 Å². The molecule has 0 bridgehead atoms. The number of hydrogen-bond acceptors (Lipinski definition) is 1. The van der Waals surface area contributed by atoms with Gasteiger partial charge in [-0.15, -0.1) is 0 Å². The van der Waals surface area contributed by atoms with E-state index in [1.54, 1.807) is 0 Å². The molecule has 0 aliphatic carbocycles. The Balaban J connectivity index is 4.40. The van der Waals surface area contributed by atoms with E-state index in [0.717, 1.165) is 17.9 Å². The van der Waals surface area contributed by atoms with Gasteiger partial charge in [-0.25, -0.2) is 0 Å². The van der Waals surface area contributed by atoms with Crippen molar-refractivity contribution in [3.8, 4) is 0 Å². The summed E-state index contributed by atoms with van der Waals surface area (Å²) in [4.78, 5) is 0. The van der Waals surface area contributed by atoms with Crippen LogP contribution in [0.15, 0.2) is 0 Å². The third-order valence-electron chi connectivity index (χ3n) is 3.72. The molecule has 0 aliphatic heterocycles. The van der Waals surface area contributed by atoms with Crippen LogP contribution in [0.2, 0.25) is 0 Å². The molecule has 0 aromatic carbocycles.